The van der Waals surface area contributed by atoms with Gasteiger partial charge in [0.05, 0.1) is 13.2 Å². The second-order valence-electron chi connectivity index (χ2n) is 5.69. The Morgan fingerprint density at radius 1 is 1.10 bits per heavy atom. The van der Waals surface area contributed by atoms with Gasteiger partial charge in [-0.2, -0.15) is 0 Å². The van der Waals surface area contributed by atoms with E-state index in [1.807, 2.05) is 6.07 Å². The molecule has 112 valence electrons. The van der Waals surface area contributed by atoms with E-state index in [9.17, 15) is 0 Å². The van der Waals surface area contributed by atoms with Gasteiger partial charge in [-0.25, -0.2) is 0 Å². The average molecular weight is 277 g/mol. The van der Waals surface area contributed by atoms with Crippen LogP contribution in [0.3, 0.4) is 0 Å². The molecule has 0 aromatic heterocycles. The van der Waals surface area contributed by atoms with E-state index in [1.165, 1.54) is 12.8 Å². The van der Waals surface area contributed by atoms with Crippen molar-refractivity contribution >= 4 is 0 Å². The normalized spacial score (nSPS) is 15.9. The van der Waals surface area contributed by atoms with Crippen molar-refractivity contribution in [3.05, 3.63) is 23.8 Å². The monoisotopic (exact) mass is 277 g/mol. The van der Waals surface area contributed by atoms with Crippen molar-refractivity contribution in [2.75, 3.05) is 13.2 Å². The minimum absolute atomic E-state index is 0.117. The lowest BCUT2D eigenvalue weighted by Gasteiger charge is -2.16. The SMILES string of the molecule is CCCOc1ccc(C(N)CC2CC2)cc1OCCC. The molecule has 0 radical (unpaired) electrons. The van der Waals surface area contributed by atoms with E-state index in [4.69, 9.17) is 15.2 Å². The van der Waals surface area contributed by atoms with Crippen LogP contribution >= 0.6 is 0 Å². The predicted molar refractivity (Wildman–Crippen MR) is 82.3 cm³/mol. The molecule has 1 atom stereocenters. The van der Waals surface area contributed by atoms with Crippen molar-refractivity contribution in [3.8, 4) is 11.5 Å². The van der Waals surface area contributed by atoms with Crippen LogP contribution in [0.25, 0.3) is 0 Å². The van der Waals surface area contributed by atoms with Gasteiger partial charge in [0.1, 0.15) is 0 Å². The average Bonchev–Trinajstić information content (AvgIpc) is 3.27. The van der Waals surface area contributed by atoms with Crippen LogP contribution in [0.1, 0.15) is 57.6 Å². The maximum Gasteiger partial charge on any atom is 0.161 e. The Bertz CT molecular complexity index is 415. The Morgan fingerprint density at radius 2 is 1.75 bits per heavy atom. The fourth-order valence-electron chi connectivity index (χ4n) is 2.26. The summed E-state index contributed by atoms with van der Waals surface area (Å²) >= 11 is 0. The van der Waals surface area contributed by atoms with Crippen molar-refractivity contribution in [1.29, 1.82) is 0 Å². The van der Waals surface area contributed by atoms with Gasteiger partial charge >= 0.3 is 0 Å². The number of hydrogen-bond donors (Lipinski definition) is 1. The van der Waals surface area contributed by atoms with Crippen molar-refractivity contribution < 1.29 is 9.47 Å². The Labute approximate surface area is 122 Å². The minimum atomic E-state index is 0.117. The van der Waals surface area contributed by atoms with Gasteiger partial charge in [0.25, 0.3) is 0 Å². The van der Waals surface area contributed by atoms with Crippen LogP contribution in [-0.4, -0.2) is 13.2 Å². The topological polar surface area (TPSA) is 44.5 Å². The first-order chi connectivity index (χ1) is 9.74. The van der Waals surface area contributed by atoms with E-state index < -0.39 is 0 Å². The highest BCUT2D eigenvalue weighted by Gasteiger charge is 2.24. The summed E-state index contributed by atoms with van der Waals surface area (Å²) in [5, 5.41) is 0. The van der Waals surface area contributed by atoms with Gasteiger partial charge in [0.15, 0.2) is 11.5 Å². The Morgan fingerprint density at radius 3 is 2.35 bits per heavy atom. The van der Waals surface area contributed by atoms with Gasteiger partial charge in [-0.05, 0) is 42.9 Å². The zero-order valence-electron chi connectivity index (χ0n) is 12.7. The molecule has 2 N–H and O–H groups in total. The molecule has 0 aliphatic heterocycles. The third-order valence-corrected chi connectivity index (χ3v) is 3.60. The summed E-state index contributed by atoms with van der Waals surface area (Å²) in [4.78, 5) is 0. The van der Waals surface area contributed by atoms with Crippen molar-refractivity contribution in [3.63, 3.8) is 0 Å². The largest absolute Gasteiger partial charge is 0.490 e. The fraction of sp³-hybridized carbons (Fsp3) is 0.647. The Kier molecular flexibility index (Phi) is 5.72. The molecule has 0 saturated heterocycles. The van der Waals surface area contributed by atoms with E-state index in [0.717, 1.165) is 48.8 Å². The quantitative estimate of drug-likeness (QED) is 0.740. The minimum Gasteiger partial charge on any atom is -0.490 e. The van der Waals surface area contributed by atoms with E-state index in [0.29, 0.717) is 6.61 Å². The van der Waals surface area contributed by atoms with E-state index in [1.54, 1.807) is 0 Å². The molecule has 0 bridgehead atoms. The standard InChI is InChI=1S/C17H27NO2/c1-3-9-19-16-8-7-14(12-17(16)20-10-4-2)15(18)11-13-5-6-13/h7-8,12-13,15H,3-6,9-11,18H2,1-2H3. The molecule has 0 spiro atoms. The molecule has 2 rings (SSSR count). The number of rotatable bonds is 9. The lowest BCUT2D eigenvalue weighted by Crippen LogP contribution is -2.11. The molecule has 0 heterocycles. The fourth-order valence-corrected chi connectivity index (χ4v) is 2.26. The van der Waals surface area contributed by atoms with Crippen molar-refractivity contribution in [1.82, 2.24) is 0 Å². The molecule has 1 fully saturated rings. The smallest absolute Gasteiger partial charge is 0.161 e. The highest BCUT2D eigenvalue weighted by atomic mass is 16.5. The molecule has 1 unspecified atom stereocenters. The third kappa shape index (κ3) is 4.41. The summed E-state index contributed by atoms with van der Waals surface area (Å²) in [6.45, 7) is 5.64. The molecule has 0 amide bonds. The summed E-state index contributed by atoms with van der Waals surface area (Å²) in [7, 11) is 0. The van der Waals surface area contributed by atoms with E-state index in [-0.39, 0.29) is 6.04 Å². The van der Waals surface area contributed by atoms with Crippen LogP contribution in [0.5, 0.6) is 11.5 Å². The van der Waals surface area contributed by atoms with Gasteiger partial charge in [-0.3, -0.25) is 0 Å². The molecule has 3 heteroatoms. The maximum absolute atomic E-state index is 6.29. The molecular formula is C17H27NO2. The molecule has 1 aliphatic rings. The van der Waals surface area contributed by atoms with Crippen LogP contribution in [0, 0.1) is 5.92 Å². The van der Waals surface area contributed by atoms with Gasteiger partial charge in [0, 0.05) is 6.04 Å². The summed E-state index contributed by atoms with van der Waals surface area (Å²) in [6, 6.07) is 6.26. The van der Waals surface area contributed by atoms with E-state index in [2.05, 4.69) is 26.0 Å². The zero-order valence-corrected chi connectivity index (χ0v) is 12.7. The third-order valence-electron chi connectivity index (χ3n) is 3.60. The number of hydrogen-bond acceptors (Lipinski definition) is 3. The molecule has 1 aliphatic carbocycles. The van der Waals surface area contributed by atoms with Crippen LogP contribution in [0.2, 0.25) is 0 Å². The highest BCUT2D eigenvalue weighted by Crippen LogP contribution is 2.38. The maximum atomic E-state index is 6.29. The summed E-state index contributed by atoms with van der Waals surface area (Å²) < 4.78 is 11.6. The molecule has 1 saturated carbocycles. The van der Waals surface area contributed by atoms with Gasteiger partial charge in [-0.15, -0.1) is 0 Å². The Hall–Kier alpha value is -1.22. The summed E-state index contributed by atoms with van der Waals surface area (Å²) in [5.74, 6) is 2.51. The second kappa shape index (κ2) is 7.53. The van der Waals surface area contributed by atoms with Crippen LogP contribution in [0.4, 0.5) is 0 Å². The molecule has 3 nitrogen and oxygen atoms in total. The van der Waals surface area contributed by atoms with Crippen LogP contribution in [0.15, 0.2) is 18.2 Å². The van der Waals surface area contributed by atoms with Gasteiger partial charge in [0.2, 0.25) is 0 Å². The first-order valence-corrected chi connectivity index (χ1v) is 7.89. The first-order valence-electron chi connectivity index (χ1n) is 7.89. The van der Waals surface area contributed by atoms with Crippen molar-refractivity contribution in [2.45, 2.75) is 52.0 Å². The lowest BCUT2D eigenvalue weighted by atomic mass is 10.0. The summed E-state index contributed by atoms with van der Waals surface area (Å²) in [5.41, 5.74) is 7.45. The second-order valence-corrected chi connectivity index (χ2v) is 5.69. The molecule has 20 heavy (non-hydrogen) atoms. The van der Waals surface area contributed by atoms with Crippen LogP contribution in [-0.2, 0) is 0 Å². The predicted octanol–water partition coefficient (Wildman–Crippen LogP) is 4.06. The number of ether oxygens (including phenoxy) is 2. The van der Waals surface area contributed by atoms with Crippen LogP contribution < -0.4 is 15.2 Å². The first kappa shape index (κ1) is 15.2. The van der Waals surface area contributed by atoms with Gasteiger partial charge in [-0.1, -0.05) is 32.8 Å². The molecule has 1 aromatic rings. The highest BCUT2D eigenvalue weighted by molar-refractivity contribution is 5.44. The number of benzene rings is 1. The van der Waals surface area contributed by atoms with Crippen molar-refractivity contribution in [2.24, 2.45) is 11.7 Å². The number of nitrogens with two attached hydrogens (primary N) is 1. The lowest BCUT2D eigenvalue weighted by molar-refractivity contribution is 0.268. The van der Waals surface area contributed by atoms with E-state index >= 15 is 0 Å². The Balaban J connectivity index is 2.08. The van der Waals surface area contributed by atoms with Gasteiger partial charge < -0.3 is 15.2 Å². The zero-order chi connectivity index (χ0) is 14.4. The molecular weight excluding hydrogens is 250 g/mol. The summed E-state index contributed by atoms with van der Waals surface area (Å²) in [6.07, 6.45) is 5.75. The molecule has 1 aromatic carbocycles.